The quantitative estimate of drug-likeness (QED) is 0.659. The molecule has 19 heavy (non-hydrogen) atoms. The van der Waals surface area contributed by atoms with E-state index in [1.165, 1.54) is 12.1 Å². The van der Waals surface area contributed by atoms with E-state index in [-0.39, 0.29) is 11.2 Å². The second-order valence-corrected chi connectivity index (χ2v) is 5.67. The minimum Gasteiger partial charge on any atom is -0.493 e. The summed E-state index contributed by atoms with van der Waals surface area (Å²) in [6, 6.07) is 4.69. The molecule has 0 aliphatic carbocycles. The van der Waals surface area contributed by atoms with Crippen molar-refractivity contribution in [2.45, 2.75) is 46.5 Å². The molecular formula is C16H25FOS. The van der Waals surface area contributed by atoms with Crippen LogP contribution in [0.25, 0.3) is 0 Å². The highest BCUT2D eigenvalue weighted by Crippen LogP contribution is 2.33. The summed E-state index contributed by atoms with van der Waals surface area (Å²) in [5.41, 5.74) is 1.08. The topological polar surface area (TPSA) is 9.23 Å². The van der Waals surface area contributed by atoms with Gasteiger partial charge < -0.3 is 4.74 Å². The highest BCUT2D eigenvalue weighted by Gasteiger charge is 2.28. The maximum Gasteiger partial charge on any atom is 0.126 e. The largest absolute Gasteiger partial charge is 0.493 e. The van der Waals surface area contributed by atoms with Crippen molar-refractivity contribution >= 4 is 12.6 Å². The van der Waals surface area contributed by atoms with Gasteiger partial charge in [-0.2, -0.15) is 12.6 Å². The third-order valence-electron chi connectivity index (χ3n) is 3.58. The number of hydrogen-bond acceptors (Lipinski definition) is 2. The highest BCUT2D eigenvalue weighted by atomic mass is 32.1. The van der Waals surface area contributed by atoms with E-state index in [0.717, 1.165) is 37.0 Å². The third kappa shape index (κ3) is 4.72. The van der Waals surface area contributed by atoms with Crippen LogP contribution in [0.4, 0.5) is 4.39 Å². The van der Waals surface area contributed by atoms with E-state index >= 15 is 0 Å². The van der Waals surface area contributed by atoms with Crippen LogP contribution in [0.1, 0.15) is 45.1 Å². The van der Waals surface area contributed by atoms with Gasteiger partial charge in [0.05, 0.1) is 6.61 Å². The Kier molecular flexibility index (Phi) is 6.70. The number of benzene rings is 1. The first-order valence-corrected chi connectivity index (χ1v) is 7.70. The van der Waals surface area contributed by atoms with Crippen LogP contribution in [0.15, 0.2) is 18.2 Å². The predicted molar refractivity (Wildman–Crippen MR) is 82.7 cm³/mol. The Bertz CT molecular complexity index is 386. The van der Waals surface area contributed by atoms with Crippen molar-refractivity contribution in [3.05, 3.63) is 29.6 Å². The molecule has 0 amide bonds. The minimum absolute atomic E-state index is 0.103. The lowest BCUT2D eigenvalue weighted by Gasteiger charge is -2.32. The molecular weight excluding hydrogens is 259 g/mol. The standard InChI is InChI=1S/C16H25FOS/c1-4-8-16(12-19,9-5-2)11-18-15-10-14(17)7-6-13(15)3/h6-7,10,19H,4-5,8-9,11-12H2,1-3H3. The van der Waals surface area contributed by atoms with Gasteiger partial charge in [0.1, 0.15) is 11.6 Å². The zero-order valence-corrected chi connectivity index (χ0v) is 13.1. The Hall–Kier alpha value is -0.700. The zero-order chi connectivity index (χ0) is 14.3. The fourth-order valence-electron chi connectivity index (χ4n) is 2.49. The maximum atomic E-state index is 13.2. The first-order valence-electron chi connectivity index (χ1n) is 7.06. The Balaban J connectivity index is 2.77. The monoisotopic (exact) mass is 284 g/mol. The van der Waals surface area contributed by atoms with Crippen LogP contribution in [0.3, 0.4) is 0 Å². The molecule has 0 aromatic heterocycles. The minimum atomic E-state index is -0.247. The van der Waals surface area contributed by atoms with Gasteiger partial charge >= 0.3 is 0 Å². The van der Waals surface area contributed by atoms with E-state index in [1.807, 2.05) is 6.92 Å². The van der Waals surface area contributed by atoms with E-state index < -0.39 is 0 Å². The SMILES string of the molecule is CCCC(CS)(CCC)COc1cc(F)ccc1C. The number of aryl methyl sites for hydroxylation is 1. The molecule has 1 aromatic carbocycles. The van der Waals surface area contributed by atoms with Crippen molar-refractivity contribution in [1.82, 2.24) is 0 Å². The first-order chi connectivity index (χ1) is 9.06. The van der Waals surface area contributed by atoms with Crippen LogP contribution in [-0.2, 0) is 0 Å². The van der Waals surface area contributed by atoms with E-state index in [4.69, 9.17) is 4.74 Å². The Morgan fingerprint density at radius 2 is 1.84 bits per heavy atom. The fourth-order valence-corrected chi connectivity index (χ4v) is 2.90. The molecule has 0 radical (unpaired) electrons. The lowest BCUT2D eigenvalue weighted by Crippen LogP contribution is -2.30. The summed E-state index contributed by atoms with van der Waals surface area (Å²) in [6.45, 7) is 6.92. The summed E-state index contributed by atoms with van der Waals surface area (Å²) in [6.07, 6.45) is 4.43. The molecule has 0 atom stereocenters. The molecule has 0 spiro atoms. The summed E-state index contributed by atoms with van der Waals surface area (Å²) in [4.78, 5) is 0. The van der Waals surface area contributed by atoms with Crippen LogP contribution in [0.5, 0.6) is 5.75 Å². The second kappa shape index (κ2) is 7.78. The molecule has 0 fully saturated rings. The number of ether oxygens (including phenoxy) is 1. The molecule has 0 aliphatic rings. The molecule has 1 aromatic rings. The van der Waals surface area contributed by atoms with Crippen molar-refractivity contribution in [1.29, 1.82) is 0 Å². The molecule has 0 aliphatic heterocycles. The van der Waals surface area contributed by atoms with Crippen LogP contribution >= 0.6 is 12.6 Å². The molecule has 0 unspecified atom stereocenters. The number of hydrogen-bond donors (Lipinski definition) is 1. The van der Waals surface area contributed by atoms with Gasteiger partial charge in [-0.05, 0) is 37.1 Å². The van der Waals surface area contributed by atoms with Crippen molar-refractivity contribution < 1.29 is 9.13 Å². The van der Waals surface area contributed by atoms with Crippen molar-refractivity contribution in [2.24, 2.45) is 5.41 Å². The van der Waals surface area contributed by atoms with Gasteiger partial charge in [-0.25, -0.2) is 4.39 Å². The predicted octanol–water partition coefficient (Wildman–Crippen LogP) is 5.03. The van der Waals surface area contributed by atoms with Crippen LogP contribution in [-0.4, -0.2) is 12.4 Å². The summed E-state index contributed by atoms with van der Waals surface area (Å²) in [5.74, 6) is 1.21. The highest BCUT2D eigenvalue weighted by molar-refractivity contribution is 7.80. The van der Waals surface area contributed by atoms with Gasteiger partial charge in [-0.1, -0.05) is 32.8 Å². The summed E-state index contributed by atoms with van der Waals surface area (Å²) in [7, 11) is 0. The van der Waals surface area contributed by atoms with Gasteiger partial charge in [0, 0.05) is 11.5 Å². The Morgan fingerprint density at radius 3 is 2.37 bits per heavy atom. The number of halogens is 1. The van der Waals surface area contributed by atoms with E-state index in [0.29, 0.717) is 12.4 Å². The number of thiol groups is 1. The van der Waals surface area contributed by atoms with E-state index in [2.05, 4.69) is 26.5 Å². The Morgan fingerprint density at radius 1 is 1.21 bits per heavy atom. The van der Waals surface area contributed by atoms with Gasteiger partial charge in [0.15, 0.2) is 0 Å². The lowest BCUT2D eigenvalue weighted by molar-refractivity contribution is 0.142. The van der Waals surface area contributed by atoms with Gasteiger partial charge in [0.2, 0.25) is 0 Å². The van der Waals surface area contributed by atoms with E-state index in [9.17, 15) is 4.39 Å². The molecule has 0 saturated carbocycles. The fraction of sp³-hybridized carbons (Fsp3) is 0.625. The van der Waals surface area contributed by atoms with Crippen molar-refractivity contribution in [2.75, 3.05) is 12.4 Å². The van der Waals surface area contributed by atoms with Crippen molar-refractivity contribution in [3.8, 4) is 5.75 Å². The van der Waals surface area contributed by atoms with E-state index in [1.54, 1.807) is 6.07 Å². The number of rotatable bonds is 8. The molecule has 0 bridgehead atoms. The molecule has 1 rings (SSSR count). The Labute approximate surface area is 122 Å². The second-order valence-electron chi connectivity index (χ2n) is 5.36. The molecule has 0 heterocycles. The lowest BCUT2D eigenvalue weighted by atomic mass is 9.82. The van der Waals surface area contributed by atoms with Crippen LogP contribution in [0, 0.1) is 18.2 Å². The molecule has 3 heteroatoms. The van der Waals surface area contributed by atoms with Crippen molar-refractivity contribution in [3.63, 3.8) is 0 Å². The smallest absolute Gasteiger partial charge is 0.126 e. The van der Waals surface area contributed by atoms with Gasteiger partial charge in [-0.15, -0.1) is 0 Å². The molecule has 108 valence electrons. The molecule has 1 nitrogen and oxygen atoms in total. The molecule has 0 N–H and O–H groups in total. The summed E-state index contributed by atoms with van der Waals surface area (Å²) < 4.78 is 19.1. The average Bonchev–Trinajstić information content (AvgIpc) is 2.40. The average molecular weight is 284 g/mol. The van der Waals surface area contributed by atoms with Crippen LogP contribution in [0.2, 0.25) is 0 Å². The van der Waals surface area contributed by atoms with Gasteiger partial charge in [0.25, 0.3) is 0 Å². The van der Waals surface area contributed by atoms with Crippen LogP contribution < -0.4 is 4.74 Å². The first kappa shape index (κ1) is 16.4. The molecule has 0 saturated heterocycles. The summed E-state index contributed by atoms with van der Waals surface area (Å²) >= 11 is 4.51. The summed E-state index contributed by atoms with van der Waals surface area (Å²) in [5, 5.41) is 0. The normalized spacial score (nSPS) is 11.6. The third-order valence-corrected chi connectivity index (χ3v) is 4.25. The van der Waals surface area contributed by atoms with Gasteiger partial charge in [-0.3, -0.25) is 0 Å². The zero-order valence-electron chi connectivity index (χ0n) is 12.2. The maximum absolute atomic E-state index is 13.2.